The van der Waals surface area contributed by atoms with Gasteiger partial charge in [0, 0.05) is 6.04 Å². The second kappa shape index (κ2) is 2.46. The number of hydrogen-bond acceptors (Lipinski definition) is 2. The Bertz CT molecular complexity index is 152. The minimum Gasteiger partial charge on any atom is -0.296 e. The molecule has 64 valence electrons. The zero-order valence-corrected chi connectivity index (χ0v) is 7.56. The van der Waals surface area contributed by atoms with Gasteiger partial charge >= 0.3 is 0 Å². The molecule has 0 saturated carbocycles. The summed E-state index contributed by atoms with van der Waals surface area (Å²) in [7, 11) is 4.39. The van der Waals surface area contributed by atoms with Crippen molar-refractivity contribution in [1.29, 1.82) is 0 Å². The molecule has 11 heavy (non-hydrogen) atoms. The summed E-state index contributed by atoms with van der Waals surface area (Å²) >= 11 is 0. The minimum atomic E-state index is 0.378. The Morgan fingerprint density at radius 3 is 2.73 bits per heavy atom. The molecule has 1 N–H and O–H groups in total. The minimum absolute atomic E-state index is 0.378. The normalized spacial score (nSPS) is 43.4. The van der Waals surface area contributed by atoms with Gasteiger partial charge in [-0.3, -0.25) is 10.2 Å². The maximum absolute atomic E-state index is 3.73. The molecule has 2 rings (SSSR count). The van der Waals surface area contributed by atoms with E-state index in [4.69, 9.17) is 0 Å². The summed E-state index contributed by atoms with van der Waals surface area (Å²) in [6.45, 7) is 0. The lowest BCUT2D eigenvalue weighted by Gasteiger charge is -2.40. The molecule has 2 heterocycles. The fourth-order valence-electron chi connectivity index (χ4n) is 2.57. The zero-order chi connectivity index (χ0) is 7.90. The van der Waals surface area contributed by atoms with Gasteiger partial charge in [0.2, 0.25) is 0 Å². The largest absolute Gasteiger partial charge is 0.296 e. The highest BCUT2D eigenvalue weighted by Crippen LogP contribution is 2.36. The van der Waals surface area contributed by atoms with Crippen LogP contribution in [-0.2, 0) is 0 Å². The molecule has 0 aromatic carbocycles. The van der Waals surface area contributed by atoms with E-state index in [1.165, 1.54) is 32.1 Å². The lowest BCUT2D eigenvalue weighted by molar-refractivity contribution is 0.0936. The Hall–Kier alpha value is -0.0800. The monoisotopic (exact) mass is 154 g/mol. The van der Waals surface area contributed by atoms with Crippen LogP contribution in [-0.4, -0.2) is 30.7 Å². The summed E-state index contributed by atoms with van der Waals surface area (Å²) < 4.78 is 0. The molecule has 0 amide bonds. The molecular weight excluding hydrogens is 136 g/mol. The van der Waals surface area contributed by atoms with Gasteiger partial charge in [-0.1, -0.05) is 0 Å². The second-order valence-electron chi connectivity index (χ2n) is 4.20. The first-order valence-electron chi connectivity index (χ1n) is 4.68. The number of fused-ring (bicyclic) bond motifs is 2. The van der Waals surface area contributed by atoms with Crippen molar-refractivity contribution in [1.82, 2.24) is 10.2 Å². The van der Waals surface area contributed by atoms with Crippen LogP contribution in [0.5, 0.6) is 0 Å². The Labute approximate surface area is 69.0 Å². The quantitative estimate of drug-likeness (QED) is 0.610. The van der Waals surface area contributed by atoms with Gasteiger partial charge < -0.3 is 0 Å². The van der Waals surface area contributed by atoms with Crippen molar-refractivity contribution in [2.24, 2.45) is 0 Å². The summed E-state index contributed by atoms with van der Waals surface area (Å²) in [6, 6.07) is 0.825. The van der Waals surface area contributed by atoms with Crippen molar-refractivity contribution in [2.75, 3.05) is 14.1 Å². The summed E-state index contributed by atoms with van der Waals surface area (Å²) in [5.74, 6) is 0. The first kappa shape index (κ1) is 7.56. The van der Waals surface area contributed by atoms with Gasteiger partial charge in [-0.05, 0) is 46.2 Å². The summed E-state index contributed by atoms with van der Waals surface area (Å²) in [6.07, 6.45) is 6.89. The van der Waals surface area contributed by atoms with Gasteiger partial charge in [-0.15, -0.1) is 0 Å². The van der Waals surface area contributed by atoms with Crippen LogP contribution in [0.2, 0.25) is 0 Å². The third-order valence-electron chi connectivity index (χ3n) is 3.38. The zero-order valence-electron chi connectivity index (χ0n) is 7.56. The standard InChI is InChI=1S/C9H18N2/c1-11(2)9-6-3-4-8(10-9)5-7-9/h8,10H,3-7H2,1-2H3. The molecule has 2 nitrogen and oxygen atoms in total. The highest BCUT2D eigenvalue weighted by Gasteiger charge is 2.42. The Kier molecular flexibility index (Phi) is 1.69. The molecule has 2 atom stereocenters. The van der Waals surface area contributed by atoms with Crippen molar-refractivity contribution < 1.29 is 0 Å². The summed E-state index contributed by atoms with van der Waals surface area (Å²) in [5.41, 5.74) is 0.378. The number of nitrogens with zero attached hydrogens (tertiary/aromatic N) is 1. The van der Waals surface area contributed by atoms with Crippen LogP contribution in [0.4, 0.5) is 0 Å². The predicted octanol–water partition coefficient (Wildman–Crippen LogP) is 1.18. The van der Waals surface area contributed by atoms with E-state index in [2.05, 4.69) is 24.3 Å². The second-order valence-corrected chi connectivity index (χ2v) is 4.20. The van der Waals surface area contributed by atoms with Crippen LogP contribution in [0, 0.1) is 0 Å². The van der Waals surface area contributed by atoms with Crippen LogP contribution in [0.1, 0.15) is 32.1 Å². The number of piperidine rings is 1. The van der Waals surface area contributed by atoms with Gasteiger partial charge in [0.1, 0.15) is 0 Å². The van der Waals surface area contributed by atoms with E-state index in [0.717, 1.165) is 6.04 Å². The third-order valence-corrected chi connectivity index (χ3v) is 3.38. The van der Waals surface area contributed by atoms with Crippen LogP contribution in [0.15, 0.2) is 0 Å². The molecule has 2 aliphatic heterocycles. The molecule has 0 aromatic rings. The number of nitrogens with one attached hydrogen (secondary N) is 1. The Morgan fingerprint density at radius 1 is 1.27 bits per heavy atom. The molecule has 2 aliphatic rings. The third kappa shape index (κ3) is 1.09. The van der Waals surface area contributed by atoms with Crippen molar-refractivity contribution in [2.45, 2.75) is 43.8 Å². The lowest BCUT2D eigenvalue weighted by atomic mass is 9.99. The average Bonchev–Trinajstić information content (AvgIpc) is 2.29. The maximum atomic E-state index is 3.73. The molecule has 0 radical (unpaired) electrons. The molecule has 2 fully saturated rings. The Balaban J connectivity index is 2.13. The van der Waals surface area contributed by atoms with E-state index in [1.54, 1.807) is 0 Å². The molecular formula is C9H18N2. The highest BCUT2D eigenvalue weighted by atomic mass is 15.3. The van der Waals surface area contributed by atoms with Crippen molar-refractivity contribution in [3.63, 3.8) is 0 Å². The van der Waals surface area contributed by atoms with Crippen molar-refractivity contribution in [3.8, 4) is 0 Å². The van der Waals surface area contributed by atoms with Crippen LogP contribution >= 0.6 is 0 Å². The van der Waals surface area contributed by atoms with E-state index < -0.39 is 0 Å². The van der Waals surface area contributed by atoms with Crippen molar-refractivity contribution in [3.05, 3.63) is 0 Å². The molecule has 2 unspecified atom stereocenters. The molecule has 0 aliphatic carbocycles. The first-order chi connectivity index (χ1) is 5.23. The van der Waals surface area contributed by atoms with E-state index in [1.807, 2.05) is 0 Å². The maximum Gasteiger partial charge on any atom is 0.0710 e. The molecule has 2 heteroatoms. The van der Waals surface area contributed by atoms with Crippen molar-refractivity contribution >= 4 is 0 Å². The van der Waals surface area contributed by atoms with E-state index >= 15 is 0 Å². The molecule has 0 aromatic heterocycles. The van der Waals surface area contributed by atoms with Gasteiger partial charge in [-0.25, -0.2) is 0 Å². The number of rotatable bonds is 1. The lowest BCUT2D eigenvalue weighted by Crippen LogP contribution is -2.55. The van der Waals surface area contributed by atoms with E-state index in [-0.39, 0.29) is 0 Å². The van der Waals surface area contributed by atoms with Gasteiger partial charge in [-0.2, -0.15) is 0 Å². The molecule has 2 bridgehead atoms. The van der Waals surface area contributed by atoms with Gasteiger partial charge in [0.25, 0.3) is 0 Å². The van der Waals surface area contributed by atoms with E-state index in [9.17, 15) is 0 Å². The SMILES string of the molecule is CN(C)C12CCCC(CC1)N2. The molecule has 0 spiro atoms. The topological polar surface area (TPSA) is 15.3 Å². The molecule has 2 saturated heterocycles. The fourth-order valence-corrected chi connectivity index (χ4v) is 2.57. The van der Waals surface area contributed by atoms with Crippen LogP contribution in [0.3, 0.4) is 0 Å². The van der Waals surface area contributed by atoms with E-state index in [0.29, 0.717) is 5.66 Å². The Morgan fingerprint density at radius 2 is 2.09 bits per heavy atom. The van der Waals surface area contributed by atoms with Gasteiger partial charge in [0.15, 0.2) is 0 Å². The van der Waals surface area contributed by atoms with Gasteiger partial charge in [0.05, 0.1) is 5.66 Å². The van der Waals surface area contributed by atoms with Crippen LogP contribution in [0.25, 0.3) is 0 Å². The average molecular weight is 154 g/mol. The number of hydrogen-bond donors (Lipinski definition) is 1. The first-order valence-corrected chi connectivity index (χ1v) is 4.68. The summed E-state index contributed by atoms with van der Waals surface area (Å²) in [5, 5.41) is 3.73. The summed E-state index contributed by atoms with van der Waals surface area (Å²) in [4.78, 5) is 2.37. The van der Waals surface area contributed by atoms with Crippen LogP contribution < -0.4 is 5.32 Å². The smallest absolute Gasteiger partial charge is 0.0710 e. The highest BCUT2D eigenvalue weighted by molar-refractivity contribution is 4.99. The fraction of sp³-hybridized carbons (Fsp3) is 1.00. The predicted molar refractivity (Wildman–Crippen MR) is 46.4 cm³/mol.